The predicted octanol–water partition coefficient (Wildman–Crippen LogP) is 2.67. The maximum Gasteiger partial charge on any atom is 0.0758 e. The number of aliphatic hydroxyl groups excluding tert-OH is 1. The summed E-state index contributed by atoms with van der Waals surface area (Å²) < 4.78 is 0. The van der Waals surface area contributed by atoms with Gasteiger partial charge >= 0.3 is 0 Å². The lowest BCUT2D eigenvalue weighted by molar-refractivity contribution is 0.234. The second-order valence-corrected chi connectivity index (χ2v) is 2.36. The van der Waals surface area contributed by atoms with Crippen LogP contribution in [0.2, 0.25) is 0 Å². The Morgan fingerprint density at radius 3 is 2.27 bits per heavy atom. The van der Waals surface area contributed by atoms with Crippen LogP contribution in [0.4, 0.5) is 0 Å². The lowest BCUT2D eigenvalue weighted by Gasteiger charge is -2.08. The molecule has 0 unspecified atom stereocenters. The Kier molecular flexibility index (Phi) is 5.86. The number of aliphatic hydroxyl groups is 1. The fourth-order valence-corrected chi connectivity index (χ4v) is 0.943. The van der Waals surface area contributed by atoms with Gasteiger partial charge in [0.25, 0.3) is 0 Å². The van der Waals surface area contributed by atoms with Crippen LogP contribution in [0.25, 0.3) is 0 Å². The molecule has 0 aromatic heterocycles. The van der Waals surface area contributed by atoms with Gasteiger partial charge in [-0.1, -0.05) is 32.1 Å². The van der Waals surface area contributed by atoms with Gasteiger partial charge in [0.15, 0.2) is 0 Å². The van der Waals surface area contributed by atoms with E-state index in [9.17, 15) is 0 Å². The highest BCUT2D eigenvalue weighted by atomic mass is 16.3. The van der Waals surface area contributed by atoms with Crippen molar-refractivity contribution in [2.75, 3.05) is 0 Å². The zero-order valence-corrected chi connectivity index (χ0v) is 7.67. The second kappa shape index (κ2) is 6.17. The maximum atomic E-state index is 9.06. The number of hydrogen-bond donors (Lipinski definition) is 1. The smallest absolute Gasteiger partial charge is 0.0758 e. The SMILES string of the molecule is CC.C[C@H](O)C1=CCCC=C1. The van der Waals surface area contributed by atoms with Gasteiger partial charge in [-0.25, -0.2) is 0 Å². The zero-order valence-electron chi connectivity index (χ0n) is 7.67. The number of hydrogen-bond acceptors (Lipinski definition) is 1. The minimum atomic E-state index is -0.290. The Morgan fingerprint density at radius 2 is 2.00 bits per heavy atom. The van der Waals surface area contributed by atoms with Crippen LogP contribution < -0.4 is 0 Å². The van der Waals surface area contributed by atoms with Gasteiger partial charge in [0.1, 0.15) is 0 Å². The van der Waals surface area contributed by atoms with E-state index in [1.165, 1.54) is 0 Å². The Balaban J connectivity index is 0.000000461. The molecule has 1 heteroatoms. The van der Waals surface area contributed by atoms with Gasteiger partial charge in [-0.05, 0) is 25.3 Å². The fraction of sp³-hybridized carbons (Fsp3) is 0.600. The molecule has 0 aromatic rings. The molecular weight excluding hydrogens is 136 g/mol. The van der Waals surface area contributed by atoms with E-state index in [-0.39, 0.29) is 6.10 Å². The molecule has 0 saturated heterocycles. The van der Waals surface area contributed by atoms with E-state index in [1.807, 2.05) is 19.9 Å². The first-order chi connectivity index (χ1) is 5.30. The van der Waals surface area contributed by atoms with Crippen LogP contribution >= 0.6 is 0 Å². The molecule has 1 atom stereocenters. The van der Waals surface area contributed by atoms with Crippen LogP contribution in [-0.4, -0.2) is 11.2 Å². The lowest BCUT2D eigenvalue weighted by atomic mass is 10.0. The van der Waals surface area contributed by atoms with E-state index in [4.69, 9.17) is 5.11 Å². The first kappa shape index (κ1) is 10.4. The van der Waals surface area contributed by atoms with Crippen LogP contribution in [0.3, 0.4) is 0 Å². The molecule has 0 aliphatic heterocycles. The molecular formula is C10H18O. The van der Waals surface area contributed by atoms with Crippen molar-refractivity contribution in [2.24, 2.45) is 0 Å². The minimum Gasteiger partial charge on any atom is -0.389 e. The van der Waals surface area contributed by atoms with E-state index in [0.717, 1.165) is 18.4 Å². The molecule has 11 heavy (non-hydrogen) atoms. The predicted molar refractivity (Wildman–Crippen MR) is 49.5 cm³/mol. The largest absolute Gasteiger partial charge is 0.389 e. The number of rotatable bonds is 1. The summed E-state index contributed by atoms with van der Waals surface area (Å²) >= 11 is 0. The normalized spacial score (nSPS) is 18.0. The summed E-state index contributed by atoms with van der Waals surface area (Å²) in [5, 5.41) is 9.06. The Hall–Kier alpha value is -0.560. The van der Waals surface area contributed by atoms with Crippen molar-refractivity contribution in [3.63, 3.8) is 0 Å². The van der Waals surface area contributed by atoms with Gasteiger partial charge < -0.3 is 5.11 Å². The highest BCUT2D eigenvalue weighted by Gasteiger charge is 2.01. The molecule has 1 N–H and O–H groups in total. The standard InChI is InChI=1S/C8H12O.C2H6/c1-7(9)8-5-3-2-4-6-8;1-2/h3,5-7,9H,2,4H2,1H3;1-2H3/t7-;/m0./s1. The van der Waals surface area contributed by atoms with E-state index >= 15 is 0 Å². The van der Waals surface area contributed by atoms with Crippen LogP contribution in [0.15, 0.2) is 23.8 Å². The van der Waals surface area contributed by atoms with Gasteiger partial charge in [-0.2, -0.15) is 0 Å². The van der Waals surface area contributed by atoms with Crippen molar-refractivity contribution in [3.8, 4) is 0 Å². The number of allylic oxidation sites excluding steroid dienone is 2. The summed E-state index contributed by atoms with van der Waals surface area (Å²) in [4.78, 5) is 0. The fourth-order valence-electron chi connectivity index (χ4n) is 0.943. The second-order valence-electron chi connectivity index (χ2n) is 2.36. The summed E-state index contributed by atoms with van der Waals surface area (Å²) in [5.74, 6) is 0. The van der Waals surface area contributed by atoms with Crippen molar-refractivity contribution >= 4 is 0 Å². The molecule has 0 radical (unpaired) electrons. The van der Waals surface area contributed by atoms with E-state index in [0.29, 0.717) is 0 Å². The third-order valence-electron chi connectivity index (χ3n) is 1.51. The molecule has 0 aromatic carbocycles. The Labute approximate surface area is 69.4 Å². The quantitative estimate of drug-likeness (QED) is 0.615. The van der Waals surface area contributed by atoms with Crippen molar-refractivity contribution < 1.29 is 5.11 Å². The molecule has 1 aliphatic carbocycles. The maximum absolute atomic E-state index is 9.06. The molecule has 0 fully saturated rings. The molecule has 1 nitrogen and oxygen atoms in total. The Bertz CT molecular complexity index is 143. The average Bonchev–Trinajstić information content (AvgIpc) is 2.10. The van der Waals surface area contributed by atoms with E-state index < -0.39 is 0 Å². The molecule has 1 aliphatic rings. The first-order valence-corrected chi connectivity index (χ1v) is 4.35. The monoisotopic (exact) mass is 154 g/mol. The van der Waals surface area contributed by atoms with Gasteiger partial charge in [0.05, 0.1) is 6.10 Å². The highest BCUT2D eigenvalue weighted by Crippen LogP contribution is 2.12. The van der Waals surface area contributed by atoms with E-state index in [1.54, 1.807) is 6.92 Å². The molecule has 0 spiro atoms. The van der Waals surface area contributed by atoms with Crippen LogP contribution in [0, 0.1) is 0 Å². The summed E-state index contributed by atoms with van der Waals surface area (Å²) in [6.07, 6.45) is 8.09. The molecule has 0 saturated carbocycles. The lowest BCUT2D eigenvalue weighted by Crippen LogP contribution is -2.03. The summed E-state index contributed by atoms with van der Waals surface area (Å²) in [5.41, 5.74) is 1.06. The van der Waals surface area contributed by atoms with Crippen molar-refractivity contribution in [3.05, 3.63) is 23.8 Å². The van der Waals surface area contributed by atoms with Gasteiger partial charge in [-0.3, -0.25) is 0 Å². The van der Waals surface area contributed by atoms with Gasteiger partial charge in [-0.15, -0.1) is 0 Å². The minimum absolute atomic E-state index is 0.290. The van der Waals surface area contributed by atoms with Crippen molar-refractivity contribution in [1.29, 1.82) is 0 Å². The van der Waals surface area contributed by atoms with E-state index in [2.05, 4.69) is 12.2 Å². The topological polar surface area (TPSA) is 20.2 Å². The Morgan fingerprint density at radius 1 is 1.36 bits per heavy atom. The van der Waals surface area contributed by atoms with Crippen LogP contribution in [0.1, 0.15) is 33.6 Å². The van der Waals surface area contributed by atoms with Gasteiger partial charge in [0.2, 0.25) is 0 Å². The van der Waals surface area contributed by atoms with Crippen molar-refractivity contribution in [2.45, 2.75) is 39.7 Å². The molecule has 1 rings (SSSR count). The summed E-state index contributed by atoms with van der Waals surface area (Å²) in [6, 6.07) is 0. The molecule has 0 heterocycles. The average molecular weight is 154 g/mol. The van der Waals surface area contributed by atoms with Crippen LogP contribution in [0.5, 0.6) is 0 Å². The summed E-state index contributed by atoms with van der Waals surface area (Å²) in [6.45, 7) is 5.79. The van der Waals surface area contributed by atoms with Gasteiger partial charge in [0, 0.05) is 0 Å². The molecule has 0 bridgehead atoms. The zero-order chi connectivity index (χ0) is 8.69. The van der Waals surface area contributed by atoms with Crippen LogP contribution in [-0.2, 0) is 0 Å². The molecule has 64 valence electrons. The first-order valence-electron chi connectivity index (χ1n) is 4.35. The third-order valence-corrected chi connectivity index (χ3v) is 1.51. The summed E-state index contributed by atoms with van der Waals surface area (Å²) in [7, 11) is 0. The molecule has 0 amide bonds. The third kappa shape index (κ3) is 3.99. The van der Waals surface area contributed by atoms with Crippen molar-refractivity contribution in [1.82, 2.24) is 0 Å². The highest BCUT2D eigenvalue weighted by molar-refractivity contribution is 5.24.